The highest BCUT2D eigenvalue weighted by molar-refractivity contribution is 7.98. The van der Waals surface area contributed by atoms with Gasteiger partial charge in [-0.1, -0.05) is 36.4 Å². The second-order valence-corrected chi connectivity index (χ2v) is 7.21. The average molecular weight is 374 g/mol. The van der Waals surface area contributed by atoms with E-state index < -0.39 is 0 Å². The fraction of sp³-hybridized carbons (Fsp3) is 0.381. The van der Waals surface area contributed by atoms with Crippen molar-refractivity contribution in [2.45, 2.75) is 43.7 Å². The van der Waals surface area contributed by atoms with Crippen LogP contribution in [0.2, 0.25) is 0 Å². The molecule has 26 heavy (non-hydrogen) atoms. The molecule has 0 aliphatic carbocycles. The van der Waals surface area contributed by atoms with Gasteiger partial charge in [-0.15, -0.1) is 11.8 Å². The molecule has 0 saturated carbocycles. The molecule has 2 rings (SSSR count). The molecule has 0 heterocycles. The molecule has 5 heteroatoms. The highest BCUT2D eigenvalue weighted by Crippen LogP contribution is 2.30. The summed E-state index contributed by atoms with van der Waals surface area (Å²) in [7, 11) is 0. The predicted molar refractivity (Wildman–Crippen MR) is 107 cm³/mol. The van der Waals surface area contributed by atoms with Crippen molar-refractivity contribution >= 4 is 17.7 Å². The number of carbonyl (C=O) groups is 1. The summed E-state index contributed by atoms with van der Waals surface area (Å²) in [6.45, 7) is 4.09. The average Bonchev–Trinajstić information content (AvgIpc) is 2.64. The number of aryl methyl sites for hydroxylation is 1. The maximum atomic E-state index is 11.5. The number of ether oxygens (including phenoxy) is 1. The Labute approximate surface area is 160 Å². The number of phenols is 1. The molecule has 0 bridgehead atoms. The number of thioether (sulfide) groups is 1. The monoisotopic (exact) mass is 373 g/mol. The summed E-state index contributed by atoms with van der Waals surface area (Å²) in [5.41, 5.74) is 2.20. The van der Waals surface area contributed by atoms with Gasteiger partial charge in [0.2, 0.25) is 0 Å². The van der Waals surface area contributed by atoms with Crippen molar-refractivity contribution in [3.05, 3.63) is 59.7 Å². The molecule has 140 valence electrons. The fourth-order valence-corrected chi connectivity index (χ4v) is 3.29. The molecule has 2 aromatic rings. The Morgan fingerprint density at radius 3 is 2.62 bits per heavy atom. The van der Waals surface area contributed by atoms with Crippen LogP contribution in [0.25, 0.3) is 0 Å². The van der Waals surface area contributed by atoms with Gasteiger partial charge in [0.1, 0.15) is 11.9 Å². The van der Waals surface area contributed by atoms with Gasteiger partial charge in [0, 0.05) is 24.4 Å². The van der Waals surface area contributed by atoms with E-state index in [0.717, 1.165) is 23.3 Å². The number of nitrogens with one attached hydrogen (secondary N) is 1. The Morgan fingerprint density at radius 2 is 1.96 bits per heavy atom. The summed E-state index contributed by atoms with van der Waals surface area (Å²) in [5.74, 6) is -0.0699. The van der Waals surface area contributed by atoms with Crippen LogP contribution in [0.4, 0.5) is 0 Å². The van der Waals surface area contributed by atoms with Crippen molar-refractivity contribution in [3.63, 3.8) is 0 Å². The summed E-state index contributed by atoms with van der Waals surface area (Å²) in [4.78, 5) is 12.3. The summed E-state index contributed by atoms with van der Waals surface area (Å²) >= 11 is 1.47. The minimum Gasteiger partial charge on any atom is -0.507 e. The van der Waals surface area contributed by atoms with Crippen molar-refractivity contribution in [2.24, 2.45) is 0 Å². The van der Waals surface area contributed by atoms with Gasteiger partial charge in [-0.3, -0.25) is 4.79 Å². The maximum absolute atomic E-state index is 11.5. The first-order valence-corrected chi connectivity index (χ1v) is 10.0. The van der Waals surface area contributed by atoms with E-state index in [4.69, 9.17) is 4.74 Å². The zero-order valence-corrected chi connectivity index (χ0v) is 16.4. The van der Waals surface area contributed by atoms with Gasteiger partial charge >= 0.3 is 5.97 Å². The third-order valence-corrected chi connectivity index (χ3v) is 5.01. The van der Waals surface area contributed by atoms with Gasteiger partial charge in [0.05, 0.1) is 0 Å². The molecule has 0 amide bonds. The third kappa shape index (κ3) is 6.39. The van der Waals surface area contributed by atoms with Gasteiger partial charge in [0.25, 0.3) is 0 Å². The van der Waals surface area contributed by atoms with E-state index in [2.05, 4.69) is 36.5 Å². The Balaban J connectivity index is 1.96. The summed E-state index contributed by atoms with van der Waals surface area (Å²) in [5, 5.41) is 13.3. The molecule has 2 N–H and O–H groups in total. The van der Waals surface area contributed by atoms with Crippen LogP contribution in [-0.2, 0) is 16.0 Å². The molecular weight excluding hydrogens is 346 g/mol. The van der Waals surface area contributed by atoms with Crippen molar-refractivity contribution in [1.29, 1.82) is 0 Å². The maximum Gasteiger partial charge on any atom is 0.303 e. The van der Waals surface area contributed by atoms with Crippen LogP contribution in [0.1, 0.15) is 37.5 Å². The number of carbonyl (C=O) groups excluding carboxylic acids is 1. The van der Waals surface area contributed by atoms with Gasteiger partial charge in [-0.05, 0) is 49.3 Å². The van der Waals surface area contributed by atoms with E-state index in [1.54, 1.807) is 12.1 Å². The first kappa shape index (κ1) is 20.3. The SMILES string of the molecule is CSc1cc(C(CNC(C)CCc2ccccc2)OC(C)=O)ccc1O. The van der Waals surface area contributed by atoms with Gasteiger partial charge < -0.3 is 15.2 Å². The topological polar surface area (TPSA) is 58.6 Å². The second kappa shape index (κ2) is 10.2. The van der Waals surface area contributed by atoms with Gasteiger partial charge in [-0.25, -0.2) is 0 Å². The molecule has 0 spiro atoms. The highest BCUT2D eigenvalue weighted by atomic mass is 32.2. The van der Waals surface area contributed by atoms with Crippen LogP contribution in [0, 0.1) is 0 Å². The summed E-state index contributed by atoms with van der Waals surface area (Å²) in [6, 6.07) is 16.0. The third-order valence-electron chi connectivity index (χ3n) is 4.24. The quantitative estimate of drug-likeness (QED) is 0.506. The van der Waals surface area contributed by atoms with Crippen molar-refractivity contribution in [2.75, 3.05) is 12.8 Å². The number of hydrogen-bond acceptors (Lipinski definition) is 5. The van der Waals surface area contributed by atoms with Crippen molar-refractivity contribution in [1.82, 2.24) is 5.32 Å². The highest BCUT2D eigenvalue weighted by Gasteiger charge is 2.17. The number of aromatic hydroxyl groups is 1. The molecule has 0 aliphatic heterocycles. The van der Waals surface area contributed by atoms with Crippen LogP contribution in [0.3, 0.4) is 0 Å². The van der Waals surface area contributed by atoms with Crippen LogP contribution in [0.15, 0.2) is 53.4 Å². The second-order valence-electron chi connectivity index (χ2n) is 6.36. The molecule has 0 aliphatic rings. The molecule has 0 radical (unpaired) electrons. The lowest BCUT2D eigenvalue weighted by Crippen LogP contribution is -2.32. The lowest BCUT2D eigenvalue weighted by molar-refractivity contribution is -0.146. The Morgan fingerprint density at radius 1 is 1.23 bits per heavy atom. The summed E-state index contributed by atoms with van der Waals surface area (Å²) < 4.78 is 5.50. The first-order valence-electron chi connectivity index (χ1n) is 8.81. The predicted octanol–water partition coefficient (Wildman–Crippen LogP) is 4.33. The number of hydrogen-bond donors (Lipinski definition) is 2. The molecule has 0 aromatic heterocycles. The molecule has 0 saturated heterocycles. The summed E-state index contributed by atoms with van der Waals surface area (Å²) in [6.07, 6.45) is 3.54. The van der Waals surface area contributed by atoms with Crippen molar-refractivity contribution < 1.29 is 14.6 Å². The Kier molecular flexibility index (Phi) is 8.01. The van der Waals surface area contributed by atoms with Crippen LogP contribution < -0.4 is 5.32 Å². The van der Waals surface area contributed by atoms with Crippen LogP contribution in [-0.4, -0.2) is 29.9 Å². The molecule has 2 aromatic carbocycles. The lowest BCUT2D eigenvalue weighted by Gasteiger charge is -2.22. The van der Waals surface area contributed by atoms with E-state index >= 15 is 0 Å². The minimum absolute atomic E-state index is 0.243. The van der Waals surface area contributed by atoms with E-state index in [1.807, 2.05) is 18.4 Å². The molecule has 2 unspecified atom stereocenters. The lowest BCUT2D eigenvalue weighted by atomic mass is 10.1. The van der Waals surface area contributed by atoms with Crippen molar-refractivity contribution in [3.8, 4) is 5.75 Å². The number of benzene rings is 2. The smallest absolute Gasteiger partial charge is 0.303 e. The first-order chi connectivity index (χ1) is 12.5. The normalized spacial score (nSPS) is 13.2. The number of phenolic OH excluding ortho intramolecular Hbond substituents is 1. The Hall–Kier alpha value is -1.98. The molecule has 0 fully saturated rings. The number of esters is 1. The molecular formula is C21H27NO3S. The largest absolute Gasteiger partial charge is 0.507 e. The van der Waals surface area contributed by atoms with Crippen LogP contribution >= 0.6 is 11.8 Å². The van der Waals surface area contributed by atoms with E-state index in [9.17, 15) is 9.90 Å². The van der Waals surface area contributed by atoms with E-state index in [-0.39, 0.29) is 17.8 Å². The Bertz CT molecular complexity index is 706. The van der Waals surface area contributed by atoms with Gasteiger partial charge in [0.15, 0.2) is 0 Å². The molecule has 2 atom stereocenters. The fourth-order valence-electron chi connectivity index (χ4n) is 2.76. The molecule has 4 nitrogen and oxygen atoms in total. The van der Waals surface area contributed by atoms with Crippen LogP contribution in [0.5, 0.6) is 5.75 Å². The van der Waals surface area contributed by atoms with E-state index in [0.29, 0.717) is 12.6 Å². The number of rotatable bonds is 9. The minimum atomic E-state index is -0.377. The van der Waals surface area contributed by atoms with Gasteiger partial charge in [-0.2, -0.15) is 0 Å². The standard InChI is InChI=1S/C21H27NO3S/c1-15(9-10-17-7-5-4-6-8-17)22-14-20(25-16(2)23)18-11-12-19(24)21(13-18)26-3/h4-8,11-13,15,20,22,24H,9-10,14H2,1-3H3. The van der Waals surface area contributed by atoms with E-state index in [1.165, 1.54) is 24.2 Å². The zero-order chi connectivity index (χ0) is 18.9. The zero-order valence-electron chi connectivity index (χ0n) is 15.6.